The highest BCUT2D eigenvalue weighted by atomic mass is 16.2. The lowest BCUT2D eigenvalue weighted by atomic mass is 10.0. The van der Waals surface area contributed by atoms with Crippen LogP contribution in [-0.2, 0) is 4.79 Å². The van der Waals surface area contributed by atoms with Crippen molar-refractivity contribution in [2.24, 2.45) is 5.92 Å². The van der Waals surface area contributed by atoms with E-state index in [9.17, 15) is 9.59 Å². The Bertz CT molecular complexity index is 664. The summed E-state index contributed by atoms with van der Waals surface area (Å²) in [5, 5.41) is 5.61. The van der Waals surface area contributed by atoms with Gasteiger partial charge in [-0.15, -0.1) is 0 Å². The maximum absolute atomic E-state index is 12.1. The van der Waals surface area contributed by atoms with E-state index in [2.05, 4.69) is 10.6 Å². The van der Waals surface area contributed by atoms with Crippen LogP contribution >= 0.6 is 0 Å². The summed E-state index contributed by atoms with van der Waals surface area (Å²) in [6, 6.07) is 17.5. The van der Waals surface area contributed by atoms with Gasteiger partial charge in [0, 0.05) is 25.1 Å². The second kappa shape index (κ2) is 8.87. The zero-order chi connectivity index (χ0) is 17.4. The van der Waals surface area contributed by atoms with Crippen LogP contribution in [0.3, 0.4) is 0 Å². The Balaban J connectivity index is 1.80. The fourth-order valence-corrected chi connectivity index (χ4v) is 2.37. The molecule has 0 atom stereocenters. The predicted octanol–water partition coefficient (Wildman–Crippen LogP) is 3.25. The van der Waals surface area contributed by atoms with Crippen LogP contribution in [0.4, 0.5) is 0 Å². The fourth-order valence-electron chi connectivity index (χ4n) is 2.37. The van der Waals surface area contributed by atoms with Gasteiger partial charge in [-0.25, -0.2) is 0 Å². The molecule has 0 unspecified atom stereocenters. The van der Waals surface area contributed by atoms with Gasteiger partial charge < -0.3 is 10.6 Å². The minimum Gasteiger partial charge on any atom is -0.354 e. The molecule has 24 heavy (non-hydrogen) atoms. The molecule has 0 saturated heterocycles. The van der Waals surface area contributed by atoms with E-state index in [0.717, 1.165) is 11.1 Å². The summed E-state index contributed by atoms with van der Waals surface area (Å²) in [5.41, 5.74) is 2.81. The van der Waals surface area contributed by atoms with E-state index in [1.165, 1.54) is 0 Å². The molecule has 2 amide bonds. The Morgan fingerprint density at radius 3 is 2.04 bits per heavy atom. The van der Waals surface area contributed by atoms with Gasteiger partial charge in [-0.1, -0.05) is 56.3 Å². The number of nitrogens with one attached hydrogen (secondary N) is 2. The van der Waals surface area contributed by atoms with Gasteiger partial charge in [-0.3, -0.25) is 9.59 Å². The first-order valence-electron chi connectivity index (χ1n) is 8.26. The maximum Gasteiger partial charge on any atom is 0.251 e. The highest BCUT2D eigenvalue weighted by Gasteiger charge is 2.07. The van der Waals surface area contributed by atoms with Crippen LogP contribution in [0.25, 0.3) is 11.1 Å². The van der Waals surface area contributed by atoms with Crippen molar-refractivity contribution in [1.82, 2.24) is 10.6 Å². The number of carbonyl (C=O) groups is 2. The lowest BCUT2D eigenvalue weighted by Gasteiger charge is -2.09. The topological polar surface area (TPSA) is 58.2 Å². The van der Waals surface area contributed by atoms with Crippen molar-refractivity contribution in [3.8, 4) is 11.1 Å². The molecule has 0 aliphatic carbocycles. The molecule has 0 aliphatic heterocycles. The summed E-state index contributed by atoms with van der Waals surface area (Å²) in [6.45, 7) is 4.86. The molecule has 0 heterocycles. The van der Waals surface area contributed by atoms with Crippen molar-refractivity contribution >= 4 is 11.8 Å². The summed E-state index contributed by atoms with van der Waals surface area (Å²) in [6.07, 6.45) is 0.509. The second-order valence-electron chi connectivity index (χ2n) is 6.15. The highest BCUT2D eigenvalue weighted by Crippen LogP contribution is 2.19. The van der Waals surface area contributed by atoms with Crippen LogP contribution in [0, 0.1) is 5.92 Å². The third kappa shape index (κ3) is 5.54. The number of benzene rings is 2. The molecular formula is C20H24N2O2. The van der Waals surface area contributed by atoms with Crippen LogP contribution in [0.15, 0.2) is 54.6 Å². The molecule has 2 rings (SSSR count). The van der Waals surface area contributed by atoms with E-state index in [-0.39, 0.29) is 11.8 Å². The van der Waals surface area contributed by atoms with Crippen molar-refractivity contribution in [3.05, 3.63) is 60.2 Å². The van der Waals surface area contributed by atoms with Crippen LogP contribution in [-0.4, -0.2) is 24.9 Å². The van der Waals surface area contributed by atoms with Gasteiger partial charge in [-0.05, 0) is 29.2 Å². The Kier molecular flexibility index (Phi) is 6.55. The zero-order valence-electron chi connectivity index (χ0n) is 14.2. The lowest BCUT2D eigenvalue weighted by molar-refractivity contribution is -0.121. The summed E-state index contributed by atoms with van der Waals surface area (Å²) in [5.74, 6) is 0.224. The maximum atomic E-state index is 12.1. The first-order chi connectivity index (χ1) is 11.6. The van der Waals surface area contributed by atoms with Gasteiger partial charge >= 0.3 is 0 Å². The fraction of sp³-hybridized carbons (Fsp3) is 0.300. The average molecular weight is 324 g/mol. The quantitative estimate of drug-likeness (QED) is 0.768. The Labute approximate surface area is 143 Å². The monoisotopic (exact) mass is 324 g/mol. The molecule has 0 aromatic heterocycles. The average Bonchev–Trinajstić information content (AvgIpc) is 2.59. The van der Waals surface area contributed by atoms with Gasteiger partial charge in [0.25, 0.3) is 5.91 Å². The molecule has 2 N–H and O–H groups in total. The van der Waals surface area contributed by atoms with Crippen LogP contribution in [0.5, 0.6) is 0 Å². The van der Waals surface area contributed by atoms with E-state index in [1.54, 1.807) is 0 Å². The number of carbonyl (C=O) groups excluding carboxylic acids is 2. The third-order valence-electron chi connectivity index (χ3n) is 3.58. The molecule has 4 heteroatoms. The molecule has 126 valence electrons. The van der Waals surface area contributed by atoms with Crippen molar-refractivity contribution in [2.45, 2.75) is 20.3 Å². The molecule has 2 aromatic rings. The summed E-state index contributed by atoms with van der Waals surface area (Å²) in [4.78, 5) is 23.6. The Morgan fingerprint density at radius 2 is 1.42 bits per heavy atom. The van der Waals surface area contributed by atoms with E-state index >= 15 is 0 Å². The summed E-state index contributed by atoms with van der Waals surface area (Å²) >= 11 is 0. The van der Waals surface area contributed by atoms with Gasteiger partial charge in [-0.2, -0.15) is 0 Å². The van der Waals surface area contributed by atoms with E-state index in [4.69, 9.17) is 0 Å². The smallest absolute Gasteiger partial charge is 0.251 e. The molecule has 0 spiro atoms. The first-order valence-corrected chi connectivity index (χ1v) is 8.26. The molecule has 0 fully saturated rings. The summed E-state index contributed by atoms with van der Waals surface area (Å²) < 4.78 is 0. The zero-order valence-corrected chi connectivity index (χ0v) is 14.2. The van der Waals surface area contributed by atoms with Crippen molar-refractivity contribution in [3.63, 3.8) is 0 Å². The molecular weight excluding hydrogens is 300 g/mol. The van der Waals surface area contributed by atoms with Crippen LogP contribution in [0.1, 0.15) is 30.6 Å². The Morgan fingerprint density at radius 1 is 0.833 bits per heavy atom. The second-order valence-corrected chi connectivity index (χ2v) is 6.15. The summed E-state index contributed by atoms with van der Waals surface area (Å²) in [7, 11) is 0. The molecule has 0 radical (unpaired) electrons. The minimum atomic E-state index is -0.132. The van der Waals surface area contributed by atoms with E-state index in [0.29, 0.717) is 31.0 Å². The van der Waals surface area contributed by atoms with Crippen molar-refractivity contribution < 1.29 is 9.59 Å². The number of hydrogen-bond donors (Lipinski definition) is 2. The standard InChI is InChI=1S/C20H24N2O2/c1-15(2)14-19(23)21-12-13-22-20(24)18-10-8-17(9-11-18)16-6-4-3-5-7-16/h3-11,15H,12-14H2,1-2H3,(H,21,23)(H,22,24). The normalized spacial score (nSPS) is 10.5. The van der Waals surface area contributed by atoms with E-state index in [1.807, 2.05) is 68.4 Å². The number of amides is 2. The number of hydrogen-bond acceptors (Lipinski definition) is 2. The molecule has 4 nitrogen and oxygen atoms in total. The Hall–Kier alpha value is -2.62. The first kappa shape index (κ1) is 17.7. The molecule has 2 aromatic carbocycles. The van der Waals surface area contributed by atoms with Gasteiger partial charge in [0.2, 0.25) is 5.91 Å². The van der Waals surface area contributed by atoms with Crippen LogP contribution in [0.2, 0.25) is 0 Å². The van der Waals surface area contributed by atoms with Crippen molar-refractivity contribution in [2.75, 3.05) is 13.1 Å². The largest absolute Gasteiger partial charge is 0.354 e. The SMILES string of the molecule is CC(C)CC(=O)NCCNC(=O)c1ccc(-c2ccccc2)cc1. The lowest BCUT2D eigenvalue weighted by Crippen LogP contribution is -2.35. The predicted molar refractivity (Wildman–Crippen MR) is 96.7 cm³/mol. The highest BCUT2D eigenvalue weighted by molar-refractivity contribution is 5.94. The third-order valence-corrected chi connectivity index (χ3v) is 3.58. The molecule has 0 bridgehead atoms. The number of rotatable bonds is 7. The van der Waals surface area contributed by atoms with E-state index < -0.39 is 0 Å². The van der Waals surface area contributed by atoms with Gasteiger partial charge in [0.05, 0.1) is 0 Å². The minimum absolute atomic E-state index is 0.0199. The van der Waals surface area contributed by atoms with Crippen LogP contribution < -0.4 is 10.6 Å². The van der Waals surface area contributed by atoms with Gasteiger partial charge in [0.15, 0.2) is 0 Å². The van der Waals surface area contributed by atoms with Gasteiger partial charge in [0.1, 0.15) is 0 Å². The molecule has 0 saturated carbocycles. The van der Waals surface area contributed by atoms with Crippen molar-refractivity contribution in [1.29, 1.82) is 0 Å². The molecule has 0 aliphatic rings.